The van der Waals surface area contributed by atoms with Crippen LogP contribution < -0.4 is 5.73 Å². The smallest absolute Gasteiger partial charge is 0.0757 e. The molecular weight excluding hydrogens is 172 g/mol. The van der Waals surface area contributed by atoms with Gasteiger partial charge in [-0.3, -0.25) is 4.98 Å². The highest BCUT2D eigenvalue weighted by Gasteiger charge is 2.05. The highest BCUT2D eigenvalue weighted by molar-refractivity contribution is 5.94. The first kappa shape index (κ1) is 9.00. The van der Waals surface area contributed by atoms with Crippen molar-refractivity contribution in [3.05, 3.63) is 35.0 Å². The Labute approximate surface area is 83.8 Å². The molecule has 0 unspecified atom stereocenters. The number of nitrogens with two attached hydrogens (primary N) is 1. The number of benzene rings is 1. The average molecular weight is 186 g/mol. The van der Waals surface area contributed by atoms with E-state index in [1.807, 2.05) is 19.1 Å². The molecule has 0 aliphatic heterocycles. The summed E-state index contributed by atoms with van der Waals surface area (Å²) in [6.45, 7) is 6.15. The number of aryl methyl sites for hydroxylation is 3. The van der Waals surface area contributed by atoms with Crippen LogP contribution in [0.5, 0.6) is 0 Å². The fourth-order valence-electron chi connectivity index (χ4n) is 1.86. The molecule has 0 radical (unpaired) electrons. The molecule has 0 amide bonds. The Bertz CT molecular complexity index is 501. The van der Waals surface area contributed by atoms with Crippen molar-refractivity contribution >= 4 is 16.6 Å². The van der Waals surface area contributed by atoms with Gasteiger partial charge in [-0.25, -0.2) is 0 Å². The molecule has 0 aliphatic carbocycles. The van der Waals surface area contributed by atoms with E-state index in [-0.39, 0.29) is 0 Å². The second-order valence-electron chi connectivity index (χ2n) is 3.78. The van der Waals surface area contributed by atoms with Crippen molar-refractivity contribution < 1.29 is 0 Å². The van der Waals surface area contributed by atoms with Crippen LogP contribution in [0.1, 0.15) is 16.8 Å². The lowest BCUT2D eigenvalue weighted by atomic mass is 10.0. The maximum Gasteiger partial charge on any atom is 0.0757 e. The van der Waals surface area contributed by atoms with E-state index in [0.717, 1.165) is 22.3 Å². The van der Waals surface area contributed by atoms with Crippen LogP contribution in [0, 0.1) is 20.8 Å². The summed E-state index contributed by atoms with van der Waals surface area (Å²) < 4.78 is 0. The molecule has 1 heterocycles. The summed E-state index contributed by atoms with van der Waals surface area (Å²) in [6, 6.07) is 6.03. The lowest BCUT2D eigenvalue weighted by molar-refractivity contribution is 1.22. The minimum Gasteiger partial charge on any atom is -0.398 e. The Morgan fingerprint density at radius 3 is 2.50 bits per heavy atom. The molecule has 1 aromatic carbocycles. The molecule has 14 heavy (non-hydrogen) atoms. The first-order valence-electron chi connectivity index (χ1n) is 4.72. The number of hydrogen-bond acceptors (Lipinski definition) is 2. The number of nitrogens with zero attached hydrogens (tertiary/aromatic N) is 1. The zero-order chi connectivity index (χ0) is 10.3. The minimum absolute atomic E-state index is 0.815. The minimum atomic E-state index is 0.815. The molecular formula is C12H14N2. The van der Waals surface area contributed by atoms with Gasteiger partial charge in [0.05, 0.1) is 5.52 Å². The lowest BCUT2D eigenvalue weighted by Gasteiger charge is -2.08. The van der Waals surface area contributed by atoms with Gasteiger partial charge in [0.25, 0.3) is 0 Å². The van der Waals surface area contributed by atoms with Crippen molar-refractivity contribution in [3.8, 4) is 0 Å². The summed E-state index contributed by atoms with van der Waals surface area (Å²) in [5.74, 6) is 0. The Morgan fingerprint density at radius 1 is 1.07 bits per heavy atom. The number of nitrogen functional groups attached to an aromatic ring is 1. The maximum atomic E-state index is 5.94. The number of aromatic nitrogens is 1. The van der Waals surface area contributed by atoms with Crippen LogP contribution in [-0.4, -0.2) is 4.98 Å². The van der Waals surface area contributed by atoms with Crippen molar-refractivity contribution in [2.45, 2.75) is 20.8 Å². The Balaban J connectivity index is 3.00. The second kappa shape index (κ2) is 2.98. The van der Waals surface area contributed by atoms with Gasteiger partial charge in [-0.05, 0) is 44.0 Å². The first-order valence-corrected chi connectivity index (χ1v) is 4.72. The van der Waals surface area contributed by atoms with Crippen LogP contribution in [0.3, 0.4) is 0 Å². The largest absolute Gasteiger partial charge is 0.398 e. The van der Waals surface area contributed by atoms with Gasteiger partial charge in [0.2, 0.25) is 0 Å². The van der Waals surface area contributed by atoms with E-state index < -0.39 is 0 Å². The zero-order valence-electron chi connectivity index (χ0n) is 8.76. The van der Waals surface area contributed by atoms with Crippen LogP contribution in [0.2, 0.25) is 0 Å². The Kier molecular flexibility index (Phi) is 1.92. The second-order valence-corrected chi connectivity index (χ2v) is 3.78. The lowest BCUT2D eigenvalue weighted by Crippen LogP contribution is -1.95. The molecule has 0 atom stereocenters. The van der Waals surface area contributed by atoms with Crippen LogP contribution >= 0.6 is 0 Å². The van der Waals surface area contributed by atoms with E-state index in [2.05, 4.69) is 24.9 Å². The highest BCUT2D eigenvalue weighted by atomic mass is 14.7. The zero-order valence-corrected chi connectivity index (χ0v) is 8.76. The van der Waals surface area contributed by atoms with Crippen molar-refractivity contribution in [3.63, 3.8) is 0 Å². The third kappa shape index (κ3) is 1.23. The van der Waals surface area contributed by atoms with Gasteiger partial charge in [0, 0.05) is 16.8 Å². The normalized spacial score (nSPS) is 10.8. The Morgan fingerprint density at radius 2 is 1.79 bits per heavy atom. The van der Waals surface area contributed by atoms with Gasteiger partial charge < -0.3 is 5.73 Å². The molecule has 0 saturated heterocycles. The maximum absolute atomic E-state index is 5.94. The topological polar surface area (TPSA) is 38.9 Å². The first-order chi connectivity index (χ1) is 6.59. The molecule has 0 saturated carbocycles. The molecule has 0 bridgehead atoms. The van der Waals surface area contributed by atoms with Gasteiger partial charge >= 0.3 is 0 Å². The van der Waals surface area contributed by atoms with Gasteiger partial charge in [-0.1, -0.05) is 6.07 Å². The predicted octanol–water partition coefficient (Wildman–Crippen LogP) is 2.74. The van der Waals surface area contributed by atoms with Crippen molar-refractivity contribution in [2.24, 2.45) is 0 Å². The number of hydrogen-bond donors (Lipinski definition) is 1. The van der Waals surface area contributed by atoms with Gasteiger partial charge in [0.1, 0.15) is 0 Å². The van der Waals surface area contributed by atoms with Gasteiger partial charge in [-0.15, -0.1) is 0 Å². The fourth-order valence-corrected chi connectivity index (χ4v) is 1.86. The van der Waals surface area contributed by atoms with Crippen LogP contribution in [-0.2, 0) is 0 Å². The SMILES string of the molecule is Cc1cc(C)c2c(N)ccc(C)c2n1. The molecule has 0 aliphatic rings. The van der Waals surface area contributed by atoms with E-state index in [1.54, 1.807) is 0 Å². The van der Waals surface area contributed by atoms with Gasteiger partial charge in [-0.2, -0.15) is 0 Å². The summed E-state index contributed by atoms with van der Waals surface area (Å²) in [4.78, 5) is 4.52. The van der Waals surface area contributed by atoms with E-state index in [9.17, 15) is 0 Å². The van der Waals surface area contributed by atoms with E-state index in [1.165, 1.54) is 11.1 Å². The highest BCUT2D eigenvalue weighted by Crippen LogP contribution is 2.26. The summed E-state index contributed by atoms with van der Waals surface area (Å²) in [7, 11) is 0. The third-order valence-corrected chi connectivity index (χ3v) is 2.52. The molecule has 2 N–H and O–H groups in total. The molecule has 2 heteroatoms. The molecule has 2 rings (SSSR count). The number of pyridine rings is 1. The van der Waals surface area contributed by atoms with Crippen LogP contribution in [0.15, 0.2) is 18.2 Å². The molecule has 2 aromatic rings. The van der Waals surface area contributed by atoms with E-state index in [4.69, 9.17) is 5.73 Å². The Hall–Kier alpha value is -1.57. The molecule has 2 nitrogen and oxygen atoms in total. The van der Waals surface area contributed by atoms with E-state index in [0.29, 0.717) is 0 Å². The summed E-state index contributed by atoms with van der Waals surface area (Å²) in [5.41, 5.74) is 11.2. The molecule has 0 fully saturated rings. The summed E-state index contributed by atoms with van der Waals surface area (Å²) in [6.07, 6.45) is 0. The number of rotatable bonds is 0. The average Bonchev–Trinajstić information content (AvgIpc) is 2.10. The van der Waals surface area contributed by atoms with Gasteiger partial charge in [0.15, 0.2) is 0 Å². The third-order valence-electron chi connectivity index (χ3n) is 2.52. The van der Waals surface area contributed by atoms with Crippen LogP contribution in [0.25, 0.3) is 10.9 Å². The fraction of sp³-hybridized carbons (Fsp3) is 0.250. The molecule has 1 aromatic heterocycles. The number of fused-ring (bicyclic) bond motifs is 1. The number of anilines is 1. The van der Waals surface area contributed by atoms with Crippen LogP contribution in [0.4, 0.5) is 5.69 Å². The summed E-state index contributed by atoms with van der Waals surface area (Å²) in [5, 5.41) is 1.09. The molecule has 0 spiro atoms. The standard InChI is InChI=1S/C12H14N2/c1-7-4-5-10(13)11-8(2)6-9(3)14-12(7)11/h4-6H,13H2,1-3H3. The van der Waals surface area contributed by atoms with Crippen molar-refractivity contribution in [2.75, 3.05) is 5.73 Å². The molecule has 72 valence electrons. The van der Waals surface area contributed by atoms with Crippen molar-refractivity contribution in [1.29, 1.82) is 0 Å². The monoisotopic (exact) mass is 186 g/mol. The predicted molar refractivity (Wildman–Crippen MR) is 60.4 cm³/mol. The summed E-state index contributed by atoms with van der Waals surface area (Å²) >= 11 is 0. The quantitative estimate of drug-likeness (QED) is 0.642. The van der Waals surface area contributed by atoms with E-state index >= 15 is 0 Å². The van der Waals surface area contributed by atoms with Crippen molar-refractivity contribution in [1.82, 2.24) is 4.98 Å².